The van der Waals surface area contributed by atoms with Crippen LogP contribution in [0.4, 0.5) is 10.6 Å². The van der Waals surface area contributed by atoms with Gasteiger partial charge in [-0.25, -0.2) is 9.48 Å². The van der Waals surface area contributed by atoms with Crippen LogP contribution in [0.5, 0.6) is 0 Å². The van der Waals surface area contributed by atoms with Gasteiger partial charge in [0.1, 0.15) is 0 Å². The summed E-state index contributed by atoms with van der Waals surface area (Å²) in [4.78, 5) is 12.0. The number of aryl methyl sites for hydroxylation is 2. The molecule has 8 heteroatoms. The molecular weight excluding hydrogens is 258 g/mol. The number of hydrogen-bond donors (Lipinski definition) is 2. The van der Waals surface area contributed by atoms with E-state index in [0.29, 0.717) is 5.82 Å². The number of carbonyl (C=O) groups excluding carboxylic acids is 1. The summed E-state index contributed by atoms with van der Waals surface area (Å²) in [5, 5.41) is 17.3. The van der Waals surface area contributed by atoms with E-state index in [0.717, 1.165) is 5.56 Å². The van der Waals surface area contributed by atoms with Crippen LogP contribution in [0, 0.1) is 5.92 Å². The standard InChI is InChI=1S/C12H19N7O/c1-8(2)11(9-5-14-18(3)7-9)16-12(20)15-10-6-13-17-19(10)4/h5-8,11H,1-4H3,(H2,15,16,20)/t11-/m0/s1. The van der Waals surface area contributed by atoms with Gasteiger partial charge in [-0.2, -0.15) is 5.10 Å². The molecule has 0 aliphatic carbocycles. The number of amides is 2. The zero-order valence-electron chi connectivity index (χ0n) is 12.0. The second-order valence-electron chi connectivity index (χ2n) is 5.01. The number of aromatic nitrogens is 5. The van der Waals surface area contributed by atoms with Crippen LogP contribution < -0.4 is 10.6 Å². The fourth-order valence-corrected chi connectivity index (χ4v) is 1.93. The maximum absolute atomic E-state index is 12.0. The summed E-state index contributed by atoms with van der Waals surface area (Å²) in [6.45, 7) is 4.09. The van der Waals surface area contributed by atoms with E-state index >= 15 is 0 Å². The number of nitrogens with zero attached hydrogens (tertiary/aromatic N) is 5. The highest BCUT2D eigenvalue weighted by atomic mass is 16.2. The first-order valence-electron chi connectivity index (χ1n) is 6.38. The van der Waals surface area contributed by atoms with Gasteiger partial charge in [0.05, 0.1) is 18.4 Å². The minimum Gasteiger partial charge on any atom is -0.331 e. The summed E-state index contributed by atoms with van der Waals surface area (Å²) < 4.78 is 3.21. The highest BCUT2D eigenvalue weighted by molar-refractivity contribution is 5.88. The molecule has 0 aliphatic rings. The molecular formula is C12H19N7O. The van der Waals surface area contributed by atoms with E-state index in [9.17, 15) is 4.79 Å². The molecule has 0 bridgehead atoms. The molecule has 0 unspecified atom stereocenters. The number of hydrogen-bond acceptors (Lipinski definition) is 4. The van der Waals surface area contributed by atoms with Crippen LogP contribution in [0.25, 0.3) is 0 Å². The summed E-state index contributed by atoms with van der Waals surface area (Å²) in [5.41, 5.74) is 0.973. The molecule has 0 saturated heterocycles. The molecule has 0 spiro atoms. The topological polar surface area (TPSA) is 89.7 Å². The molecule has 0 saturated carbocycles. The quantitative estimate of drug-likeness (QED) is 0.874. The van der Waals surface area contributed by atoms with Gasteiger partial charge >= 0.3 is 6.03 Å². The van der Waals surface area contributed by atoms with Crippen molar-refractivity contribution in [1.29, 1.82) is 0 Å². The lowest BCUT2D eigenvalue weighted by Crippen LogP contribution is -2.35. The average molecular weight is 277 g/mol. The highest BCUT2D eigenvalue weighted by Crippen LogP contribution is 2.21. The molecule has 108 valence electrons. The van der Waals surface area contributed by atoms with Gasteiger partial charge in [0, 0.05) is 25.9 Å². The van der Waals surface area contributed by atoms with Crippen LogP contribution in [0.1, 0.15) is 25.5 Å². The Balaban J connectivity index is 2.05. The van der Waals surface area contributed by atoms with Gasteiger partial charge in [0.25, 0.3) is 0 Å². The van der Waals surface area contributed by atoms with E-state index in [1.54, 1.807) is 17.9 Å². The molecule has 0 fully saturated rings. The normalized spacial score (nSPS) is 12.4. The van der Waals surface area contributed by atoms with Crippen LogP contribution in [-0.4, -0.2) is 30.8 Å². The number of rotatable bonds is 4. The van der Waals surface area contributed by atoms with Crippen molar-refractivity contribution in [1.82, 2.24) is 30.1 Å². The molecule has 1 atom stereocenters. The van der Waals surface area contributed by atoms with E-state index < -0.39 is 0 Å². The second-order valence-corrected chi connectivity index (χ2v) is 5.01. The van der Waals surface area contributed by atoms with E-state index in [4.69, 9.17) is 0 Å². The van der Waals surface area contributed by atoms with Crippen LogP contribution >= 0.6 is 0 Å². The first-order valence-corrected chi connectivity index (χ1v) is 6.38. The molecule has 2 N–H and O–H groups in total. The predicted molar refractivity (Wildman–Crippen MR) is 73.9 cm³/mol. The molecule has 20 heavy (non-hydrogen) atoms. The van der Waals surface area contributed by atoms with Gasteiger partial charge in [-0.15, -0.1) is 5.10 Å². The summed E-state index contributed by atoms with van der Waals surface area (Å²) in [5.74, 6) is 0.783. The molecule has 0 radical (unpaired) electrons. The minimum atomic E-state index is -0.294. The van der Waals surface area contributed by atoms with Crippen molar-refractivity contribution >= 4 is 11.8 Å². The summed E-state index contributed by atoms with van der Waals surface area (Å²) in [7, 11) is 3.56. The molecule has 2 aromatic rings. The third-order valence-corrected chi connectivity index (χ3v) is 2.99. The van der Waals surface area contributed by atoms with Gasteiger partial charge in [-0.1, -0.05) is 19.1 Å². The average Bonchev–Trinajstić information content (AvgIpc) is 2.96. The lowest BCUT2D eigenvalue weighted by atomic mass is 9.99. The fraction of sp³-hybridized carbons (Fsp3) is 0.500. The summed E-state index contributed by atoms with van der Waals surface area (Å²) in [6, 6.07) is -0.400. The first-order chi connectivity index (χ1) is 9.47. The number of anilines is 1. The Bertz CT molecular complexity index is 586. The van der Waals surface area contributed by atoms with Crippen LogP contribution in [0.15, 0.2) is 18.6 Å². The van der Waals surface area contributed by atoms with E-state index in [1.807, 2.05) is 27.1 Å². The third-order valence-electron chi connectivity index (χ3n) is 2.99. The predicted octanol–water partition coefficient (Wildman–Crippen LogP) is 1.07. The Kier molecular flexibility index (Phi) is 4.02. The van der Waals surface area contributed by atoms with Crippen molar-refractivity contribution < 1.29 is 4.79 Å². The Morgan fingerprint density at radius 1 is 1.30 bits per heavy atom. The Morgan fingerprint density at radius 3 is 2.55 bits per heavy atom. The van der Waals surface area contributed by atoms with Crippen molar-refractivity contribution in [3.63, 3.8) is 0 Å². The van der Waals surface area contributed by atoms with Crippen molar-refractivity contribution in [3.05, 3.63) is 24.2 Å². The number of carbonyl (C=O) groups is 1. The van der Waals surface area contributed by atoms with Crippen molar-refractivity contribution in [2.45, 2.75) is 19.9 Å². The lowest BCUT2D eigenvalue weighted by Gasteiger charge is -2.21. The summed E-state index contributed by atoms with van der Waals surface area (Å²) in [6.07, 6.45) is 5.15. The van der Waals surface area contributed by atoms with Gasteiger partial charge in [-0.05, 0) is 5.92 Å². The smallest absolute Gasteiger partial charge is 0.320 e. The summed E-state index contributed by atoms with van der Waals surface area (Å²) >= 11 is 0. The van der Waals surface area contributed by atoms with Gasteiger partial charge < -0.3 is 5.32 Å². The maximum atomic E-state index is 12.0. The zero-order chi connectivity index (χ0) is 14.7. The molecule has 0 aromatic carbocycles. The van der Waals surface area contributed by atoms with Gasteiger partial charge in [-0.3, -0.25) is 10.00 Å². The minimum absolute atomic E-state index is 0.107. The van der Waals surface area contributed by atoms with Crippen molar-refractivity contribution in [3.8, 4) is 0 Å². The maximum Gasteiger partial charge on any atom is 0.320 e. The van der Waals surface area contributed by atoms with E-state index in [-0.39, 0.29) is 18.0 Å². The van der Waals surface area contributed by atoms with Crippen molar-refractivity contribution in [2.24, 2.45) is 20.0 Å². The van der Waals surface area contributed by atoms with E-state index in [1.165, 1.54) is 10.9 Å². The Labute approximate surface area is 117 Å². The van der Waals surface area contributed by atoms with Gasteiger partial charge in [0.2, 0.25) is 0 Å². The Hall–Kier alpha value is -2.38. The number of urea groups is 1. The van der Waals surface area contributed by atoms with Crippen LogP contribution in [0.2, 0.25) is 0 Å². The zero-order valence-corrected chi connectivity index (χ0v) is 12.0. The first kappa shape index (κ1) is 14.0. The monoisotopic (exact) mass is 277 g/mol. The Morgan fingerprint density at radius 2 is 2.05 bits per heavy atom. The van der Waals surface area contributed by atoms with Gasteiger partial charge in [0.15, 0.2) is 5.82 Å². The molecule has 8 nitrogen and oxygen atoms in total. The SMILES string of the molecule is CC(C)[C@H](NC(=O)Nc1cnnn1C)c1cnn(C)c1. The highest BCUT2D eigenvalue weighted by Gasteiger charge is 2.20. The molecule has 2 heterocycles. The van der Waals surface area contributed by atoms with Crippen LogP contribution in [0.3, 0.4) is 0 Å². The molecule has 2 amide bonds. The third kappa shape index (κ3) is 3.14. The fourth-order valence-electron chi connectivity index (χ4n) is 1.93. The second kappa shape index (κ2) is 5.72. The largest absolute Gasteiger partial charge is 0.331 e. The van der Waals surface area contributed by atoms with Crippen molar-refractivity contribution in [2.75, 3.05) is 5.32 Å². The molecule has 0 aliphatic heterocycles. The molecule has 2 aromatic heterocycles. The van der Waals surface area contributed by atoms with Crippen LogP contribution in [-0.2, 0) is 14.1 Å². The lowest BCUT2D eigenvalue weighted by molar-refractivity contribution is 0.244. The molecule has 2 rings (SSSR count). The van der Waals surface area contributed by atoms with E-state index in [2.05, 4.69) is 26.0 Å². The number of nitrogens with one attached hydrogen (secondary N) is 2.